The molecule has 0 spiro atoms. The molecule has 1 unspecified atom stereocenters. The number of nitrogens with one attached hydrogen (secondary N) is 1. The molecule has 2 aromatic rings. The third-order valence-corrected chi connectivity index (χ3v) is 5.74. The number of rotatable bonds is 5. The van der Waals surface area contributed by atoms with Gasteiger partial charge in [-0.2, -0.15) is 5.10 Å². The molecule has 0 saturated heterocycles. The first-order valence-corrected chi connectivity index (χ1v) is 10.3. The minimum absolute atomic E-state index is 0.0578. The van der Waals surface area contributed by atoms with Crippen molar-refractivity contribution in [1.29, 1.82) is 0 Å². The molecule has 5 nitrogen and oxygen atoms in total. The third-order valence-electron chi connectivity index (χ3n) is 5.74. The van der Waals surface area contributed by atoms with Crippen molar-refractivity contribution in [2.45, 2.75) is 58.9 Å². The van der Waals surface area contributed by atoms with Gasteiger partial charge in [0.1, 0.15) is 5.75 Å². The monoisotopic (exact) mass is 393 g/mol. The highest BCUT2D eigenvalue weighted by atomic mass is 16.3. The van der Waals surface area contributed by atoms with E-state index < -0.39 is 5.91 Å². The highest BCUT2D eigenvalue weighted by molar-refractivity contribution is 5.97. The molecule has 1 heterocycles. The number of carbonyl (C=O) groups excluding carboxylic acids is 1. The number of anilines is 1. The molecule has 3 rings (SSSR count). The Morgan fingerprint density at radius 1 is 1.34 bits per heavy atom. The lowest BCUT2D eigenvalue weighted by molar-refractivity contribution is 0.0952. The van der Waals surface area contributed by atoms with E-state index in [2.05, 4.69) is 62.2 Å². The van der Waals surface area contributed by atoms with Crippen LogP contribution in [0.25, 0.3) is 0 Å². The molecule has 0 fully saturated rings. The lowest BCUT2D eigenvalue weighted by Gasteiger charge is -2.48. The Morgan fingerprint density at radius 3 is 2.76 bits per heavy atom. The number of hydrogen-bond acceptors (Lipinski definition) is 4. The highest BCUT2D eigenvalue weighted by Gasteiger charge is 2.36. The summed E-state index contributed by atoms with van der Waals surface area (Å²) in [5, 5.41) is 13.9. The Morgan fingerprint density at radius 2 is 2.07 bits per heavy atom. The highest BCUT2D eigenvalue weighted by Crippen LogP contribution is 2.44. The second-order valence-corrected chi connectivity index (χ2v) is 8.55. The number of phenolic OH excluding ortho intramolecular Hbond substituents is 1. The fourth-order valence-corrected chi connectivity index (χ4v) is 4.32. The summed E-state index contributed by atoms with van der Waals surface area (Å²) in [6, 6.07) is 10.9. The number of carbonyl (C=O) groups is 1. The van der Waals surface area contributed by atoms with Gasteiger partial charge < -0.3 is 10.0 Å². The maximum Gasteiger partial charge on any atom is 0.275 e. The molecule has 2 aromatic carbocycles. The van der Waals surface area contributed by atoms with E-state index in [1.165, 1.54) is 17.3 Å². The molecule has 0 aliphatic carbocycles. The lowest BCUT2D eigenvalue weighted by atomic mass is 9.79. The van der Waals surface area contributed by atoms with E-state index in [0.717, 1.165) is 30.5 Å². The number of hydrazone groups is 1. The minimum Gasteiger partial charge on any atom is -0.507 e. The molecule has 0 bridgehead atoms. The maximum absolute atomic E-state index is 12.2. The molecule has 0 radical (unpaired) electrons. The van der Waals surface area contributed by atoms with Gasteiger partial charge in [-0.05, 0) is 80.5 Å². The van der Waals surface area contributed by atoms with Crippen LogP contribution in [0.4, 0.5) is 5.69 Å². The Kier molecular flexibility index (Phi) is 5.96. The van der Waals surface area contributed by atoms with E-state index in [1.54, 1.807) is 24.4 Å². The predicted octanol–water partition coefficient (Wildman–Crippen LogP) is 4.97. The second-order valence-electron chi connectivity index (χ2n) is 8.55. The van der Waals surface area contributed by atoms with Crippen molar-refractivity contribution in [3.63, 3.8) is 0 Å². The third kappa shape index (κ3) is 4.29. The summed E-state index contributed by atoms with van der Waals surface area (Å²) in [6.07, 6.45) is 3.89. The van der Waals surface area contributed by atoms with Gasteiger partial charge in [-0.1, -0.05) is 26.0 Å². The van der Waals surface area contributed by atoms with Gasteiger partial charge >= 0.3 is 0 Å². The van der Waals surface area contributed by atoms with Crippen LogP contribution in [-0.4, -0.2) is 29.3 Å². The van der Waals surface area contributed by atoms with Crippen LogP contribution < -0.4 is 10.3 Å². The molecule has 5 heteroatoms. The van der Waals surface area contributed by atoms with Crippen LogP contribution in [0.15, 0.2) is 41.5 Å². The van der Waals surface area contributed by atoms with E-state index >= 15 is 0 Å². The summed E-state index contributed by atoms with van der Waals surface area (Å²) < 4.78 is 0. The zero-order valence-electron chi connectivity index (χ0n) is 18.0. The van der Waals surface area contributed by atoms with E-state index in [9.17, 15) is 9.90 Å². The largest absolute Gasteiger partial charge is 0.507 e. The number of phenols is 1. The molecule has 0 aromatic heterocycles. The summed E-state index contributed by atoms with van der Waals surface area (Å²) >= 11 is 0. The average molecular weight is 394 g/mol. The number of para-hydroxylation sites is 1. The van der Waals surface area contributed by atoms with Gasteiger partial charge in [0.05, 0.1) is 11.8 Å². The molecule has 29 heavy (non-hydrogen) atoms. The van der Waals surface area contributed by atoms with Crippen molar-refractivity contribution in [2.75, 3.05) is 11.4 Å². The van der Waals surface area contributed by atoms with Gasteiger partial charge in [-0.25, -0.2) is 5.43 Å². The fraction of sp³-hybridized carbons (Fsp3) is 0.417. The smallest absolute Gasteiger partial charge is 0.275 e. The normalized spacial score (nSPS) is 18.0. The van der Waals surface area contributed by atoms with E-state index in [0.29, 0.717) is 5.92 Å². The summed E-state index contributed by atoms with van der Waals surface area (Å²) in [6.45, 7) is 12.2. The number of benzene rings is 2. The predicted molar refractivity (Wildman–Crippen MR) is 119 cm³/mol. The van der Waals surface area contributed by atoms with Crippen LogP contribution in [-0.2, 0) is 0 Å². The molecule has 154 valence electrons. The molecule has 1 amide bonds. The first-order chi connectivity index (χ1) is 13.7. The quantitative estimate of drug-likeness (QED) is 0.557. The molecular weight excluding hydrogens is 362 g/mol. The van der Waals surface area contributed by atoms with Crippen molar-refractivity contribution >= 4 is 17.8 Å². The van der Waals surface area contributed by atoms with E-state index in [-0.39, 0.29) is 16.9 Å². The van der Waals surface area contributed by atoms with Crippen molar-refractivity contribution in [3.8, 4) is 5.75 Å². The number of aromatic hydroxyl groups is 1. The van der Waals surface area contributed by atoms with E-state index in [4.69, 9.17) is 0 Å². The average Bonchev–Trinajstić information content (AvgIpc) is 2.66. The fourth-order valence-electron chi connectivity index (χ4n) is 4.32. The van der Waals surface area contributed by atoms with Crippen LogP contribution in [0.1, 0.15) is 73.5 Å². The lowest BCUT2D eigenvalue weighted by Crippen LogP contribution is -2.48. The first kappa shape index (κ1) is 20.9. The molecule has 1 aliphatic heterocycles. The van der Waals surface area contributed by atoms with Crippen molar-refractivity contribution in [3.05, 3.63) is 58.7 Å². The summed E-state index contributed by atoms with van der Waals surface area (Å²) in [7, 11) is 0. The van der Waals surface area contributed by atoms with Gasteiger partial charge in [0.25, 0.3) is 5.91 Å². The molecule has 1 aliphatic rings. The van der Waals surface area contributed by atoms with Crippen molar-refractivity contribution in [1.82, 2.24) is 5.43 Å². The Balaban J connectivity index is 1.85. The SMILES string of the molecule is CCCN1c2cc(C)c(/C=N/NC(=O)c3ccccc3O)cc2C(C)CC1(C)C. The van der Waals surface area contributed by atoms with Gasteiger partial charge in [-0.3, -0.25) is 4.79 Å². The number of amides is 1. The molecule has 0 saturated carbocycles. The van der Waals surface area contributed by atoms with Gasteiger partial charge in [0.15, 0.2) is 0 Å². The van der Waals surface area contributed by atoms with Crippen LogP contribution in [0.5, 0.6) is 5.75 Å². The van der Waals surface area contributed by atoms with Crippen LogP contribution in [0.2, 0.25) is 0 Å². The van der Waals surface area contributed by atoms with Crippen LogP contribution in [0.3, 0.4) is 0 Å². The number of fused-ring (bicyclic) bond motifs is 1. The standard InChI is InChI=1S/C24H31N3O2/c1-6-11-27-21-12-16(2)18(13-20(21)17(3)14-24(27,4)5)15-25-26-23(29)19-9-7-8-10-22(19)28/h7-10,12-13,15,17,28H,6,11,14H2,1-5H3,(H,26,29)/b25-15+. The zero-order chi connectivity index (χ0) is 21.2. The molecular formula is C24H31N3O2. The summed E-state index contributed by atoms with van der Waals surface area (Å²) in [5.74, 6) is -0.0338. The second kappa shape index (κ2) is 8.27. The topological polar surface area (TPSA) is 64.9 Å². The Labute approximate surface area is 173 Å². The first-order valence-electron chi connectivity index (χ1n) is 10.3. The zero-order valence-corrected chi connectivity index (χ0v) is 18.0. The van der Waals surface area contributed by atoms with E-state index in [1.807, 2.05) is 0 Å². The van der Waals surface area contributed by atoms with Crippen molar-refractivity contribution < 1.29 is 9.90 Å². The molecule has 1 atom stereocenters. The Hall–Kier alpha value is -2.82. The summed E-state index contributed by atoms with van der Waals surface area (Å²) in [4.78, 5) is 14.7. The van der Waals surface area contributed by atoms with Crippen LogP contribution >= 0.6 is 0 Å². The molecule has 2 N–H and O–H groups in total. The number of hydrogen-bond donors (Lipinski definition) is 2. The Bertz CT molecular complexity index is 934. The number of aryl methyl sites for hydroxylation is 1. The van der Waals surface area contributed by atoms with Crippen molar-refractivity contribution in [2.24, 2.45) is 5.10 Å². The van der Waals surface area contributed by atoms with Gasteiger partial charge in [-0.15, -0.1) is 0 Å². The van der Waals surface area contributed by atoms with Gasteiger partial charge in [0, 0.05) is 17.8 Å². The maximum atomic E-state index is 12.2. The van der Waals surface area contributed by atoms with Gasteiger partial charge in [0.2, 0.25) is 0 Å². The minimum atomic E-state index is -0.431. The van der Waals surface area contributed by atoms with Crippen LogP contribution in [0, 0.1) is 6.92 Å². The number of nitrogens with zero attached hydrogens (tertiary/aromatic N) is 2. The summed E-state index contributed by atoms with van der Waals surface area (Å²) in [5.41, 5.74) is 7.60.